The Hall–Kier alpha value is -0.680. The molecule has 1 heterocycles. The molecule has 1 aliphatic rings. The zero-order valence-corrected chi connectivity index (χ0v) is 9.80. The van der Waals surface area contributed by atoms with Crippen LogP contribution in [0.25, 0.3) is 0 Å². The molecule has 2 atom stereocenters. The Morgan fingerprint density at radius 2 is 2.33 bits per heavy atom. The Kier molecular flexibility index (Phi) is 3.53. The van der Waals surface area contributed by atoms with E-state index in [1.165, 1.54) is 24.2 Å². The van der Waals surface area contributed by atoms with E-state index in [2.05, 4.69) is 17.1 Å². The Morgan fingerprint density at radius 1 is 1.47 bits per heavy atom. The van der Waals surface area contributed by atoms with Gasteiger partial charge in [0.25, 0.3) is 5.19 Å². The fourth-order valence-corrected chi connectivity index (χ4v) is 2.63. The number of hydrogen-bond acceptors (Lipinski definition) is 5. The largest absolute Gasteiger partial charge is 0.466 e. The minimum atomic E-state index is 0.326. The minimum absolute atomic E-state index is 0.326. The predicted octanol–water partition coefficient (Wildman–Crippen LogP) is 1.95. The Labute approximate surface area is 93.8 Å². The highest BCUT2D eigenvalue weighted by atomic mass is 32.1. The Balaban J connectivity index is 1.90. The summed E-state index contributed by atoms with van der Waals surface area (Å²) in [5.74, 6) is 0.769. The van der Waals surface area contributed by atoms with Crippen molar-refractivity contribution in [2.45, 2.75) is 45.3 Å². The first-order chi connectivity index (χ1) is 7.28. The van der Waals surface area contributed by atoms with Crippen LogP contribution < -0.4 is 10.5 Å². The molecule has 0 aliphatic heterocycles. The first-order valence-corrected chi connectivity index (χ1v) is 6.28. The van der Waals surface area contributed by atoms with Gasteiger partial charge in [0.15, 0.2) is 0 Å². The summed E-state index contributed by atoms with van der Waals surface area (Å²) in [7, 11) is 0. The van der Waals surface area contributed by atoms with Crippen molar-refractivity contribution in [3.8, 4) is 5.19 Å². The number of nitrogens with two attached hydrogens (primary N) is 1. The molecule has 2 unspecified atom stereocenters. The molecule has 0 amide bonds. The molecule has 84 valence electrons. The van der Waals surface area contributed by atoms with Gasteiger partial charge in [-0.25, -0.2) is 0 Å². The van der Waals surface area contributed by atoms with Crippen molar-refractivity contribution in [2.75, 3.05) is 0 Å². The molecule has 1 aromatic heterocycles. The lowest BCUT2D eigenvalue weighted by Crippen LogP contribution is -2.23. The second-order valence-corrected chi connectivity index (χ2v) is 5.20. The minimum Gasteiger partial charge on any atom is -0.466 e. The van der Waals surface area contributed by atoms with Gasteiger partial charge in [-0.15, -0.1) is 5.10 Å². The Bertz CT molecular complexity index is 315. The van der Waals surface area contributed by atoms with Gasteiger partial charge in [-0.1, -0.05) is 29.8 Å². The fourth-order valence-electron chi connectivity index (χ4n) is 2.00. The quantitative estimate of drug-likeness (QED) is 0.857. The highest BCUT2D eigenvalue weighted by molar-refractivity contribution is 7.13. The molecule has 0 saturated heterocycles. The van der Waals surface area contributed by atoms with Crippen molar-refractivity contribution >= 4 is 11.3 Å². The predicted molar refractivity (Wildman–Crippen MR) is 59.8 cm³/mol. The number of nitrogens with zero attached hydrogens (tertiary/aromatic N) is 2. The standard InChI is InChI=1S/C10H17N3OS/c1-7-3-2-4-8(5-7)14-10-13-12-9(6-11)15-10/h7-8H,2-6,11H2,1H3. The van der Waals surface area contributed by atoms with Crippen LogP contribution in [0.5, 0.6) is 5.19 Å². The van der Waals surface area contributed by atoms with Crippen molar-refractivity contribution < 1.29 is 4.74 Å². The van der Waals surface area contributed by atoms with Gasteiger partial charge in [0, 0.05) is 6.54 Å². The number of rotatable bonds is 3. The van der Waals surface area contributed by atoms with E-state index in [9.17, 15) is 0 Å². The maximum atomic E-state index is 5.80. The lowest BCUT2D eigenvalue weighted by molar-refractivity contribution is 0.128. The summed E-state index contributed by atoms with van der Waals surface area (Å²) < 4.78 is 5.80. The topological polar surface area (TPSA) is 61.0 Å². The summed E-state index contributed by atoms with van der Waals surface area (Å²) in [4.78, 5) is 0. The maximum absolute atomic E-state index is 5.80. The molecule has 2 rings (SSSR count). The van der Waals surface area contributed by atoms with Crippen molar-refractivity contribution in [1.82, 2.24) is 10.2 Å². The Morgan fingerprint density at radius 3 is 3.00 bits per heavy atom. The molecule has 5 heteroatoms. The van der Waals surface area contributed by atoms with Crippen molar-refractivity contribution in [3.63, 3.8) is 0 Å². The van der Waals surface area contributed by atoms with Gasteiger partial charge in [-0.05, 0) is 25.2 Å². The zero-order chi connectivity index (χ0) is 10.7. The lowest BCUT2D eigenvalue weighted by atomic mass is 9.89. The fraction of sp³-hybridized carbons (Fsp3) is 0.800. The van der Waals surface area contributed by atoms with Gasteiger partial charge in [0.1, 0.15) is 11.1 Å². The van der Waals surface area contributed by atoms with E-state index in [0.29, 0.717) is 17.8 Å². The molecule has 2 N–H and O–H groups in total. The van der Waals surface area contributed by atoms with E-state index < -0.39 is 0 Å². The molecule has 0 radical (unpaired) electrons. The second kappa shape index (κ2) is 4.90. The van der Waals surface area contributed by atoms with Gasteiger partial charge in [0.05, 0.1) is 0 Å². The molecule has 0 bridgehead atoms. The molecule has 1 fully saturated rings. The van der Waals surface area contributed by atoms with Gasteiger partial charge in [0.2, 0.25) is 0 Å². The van der Waals surface area contributed by atoms with Gasteiger partial charge < -0.3 is 10.5 Å². The molecule has 0 spiro atoms. The van der Waals surface area contributed by atoms with Crippen LogP contribution in [-0.2, 0) is 6.54 Å². The highest BCUT2D eigenvalue weighted by Gasteiger charge is 2.21. The van der Waals surface area contributed by atoms with Crippen LogP contribution in [0, 0.1) is 5.92 Å². The second-order valence-electron chi connectivity index (χ2n) is 4.18. The van der Waals surface area contributed by atoms with E-state index in [4.69, 9.17) is 10.5 Å². The van der Waals surface area contributed by atoms with Crippen LogP contribution in [0.4, 0.5) is 0 Å². The summed E-state index contributed by atoms with van der Waals surface area (Å²) >= 11 is 1.46. The number of ether oxygens (including phenoxy) is 1. The zero-order valence-electron chi connectivity index (χ0n) is 8.98. The average Bonchev–Trinajstić information content (AvgIpc) is 2.65. The van der Waals surface area contributed by atoms with Gasteiger partial charge >= 0.3 is 0 Å². The van der Waals surface area contributed by atoms with Crippen LogP contribution in [0.15, 0.2) is 0 Å². The van der Waals surface area contributed by atoms with Crippen LogP contribution in [-0.4, -0.2) is 16.3 Å². The number of hydrogen-bond donors (Lipinski definition) is 1. The number of aromatic nitrogens is 2. The van der Waals surface area contributed by atoms with Crippen LogP contribution in [0.1, 0.15) is 37.6 Å². The molecule has 4 nitrogen and oxygen atoms in total. The van der Waals surface area contributed by atoms with Crippen molar-refractivity contribution in [1.29, 1.82) is 0 Å². The summed E-state index contributed by atoms with van der Waals surface area (Å²) in [6.07, 6.45) is 5.19. The SMILES string of the molecule is CC1CCCC(Oc2nnc(CN)s2)C1. The van der Waals surface area contributed by atoms with Crippen LogP contribution >= 0.6 is 11.3 Å². The normalized spacial score (nSPS) is 26.5. The molecule has 1 aliphatic carbocycles. The molecule has 0 aromatic carbocycles. The third kappa shape index (κ3) is 2.89. The van der Waals surface area contributed by atoms with Crippen molar-refractivity contribution in [3.05, 3.63) is 5.01 Å². The first-order valence-electron chi connectivity index (χ1n) is 5.47. The molecular weight excluding hydrogens is 210 g/mol. The average molecular weight is 227 g/mol. The lowest BCUT2D eigenvalue weighted by Gasteiger charge is -2.25. The molecular formula is C10H17N3OS. The van der Waals surface area contributed by atoms with E-state index in [1.54, 1.807) is 0 Å². The van der Waals surface area contributed by atoms with E-state index in [-0.39, 0.29) is 0 Å². The van der Waals surface area contributed by atoms with Gasteiger partial charge in [-0.3, -0.25) is 0 Å². The summed E-state index contributed by atoms with van der Waals surface area (Å²) in [6.45, 7) is 2.73. The van der Waals surface area contributed by atoms with Gasteiger partial charge in [-0.2, -0.15) is 0 Å². The maximum Gasteiger partial charge on any atom is 0.294 e. The highest BCUT2D eigenvalue weighted by Crippen LogP contribution is 2.28. The molecule has 1 aromatic rings. The van der Waals surface area contributed by atoms with Crippen molar-refractivity contribution in [2.24, 2.45) is 11.7 Å². The third-order valence-corrected chi connectivity index (χ3v) is 3.62. The summed E-state index contributed by atoms with van der Waals surface area (Å²) in [5.41, 5.74) is 5.47. The third-order valence-electron chi connectivity index (χ3n) is 2.78. The van der Waals surface area contributed by atoms with E-state index >= 15 is 0 Å². The first kappa shape index (κ1) is 10.8. The summed E-state index contributed by atoms with van der Waals surface area (Å²) in [5, 5.41) is 9.43. The monoisotopic (exact) mass is 227 g/mol. The van der Waals surface area contributed by atoms with E-state index in [0.717, 1.165) is 23.8 Å². The molecule has 15 heavy (non-hydrogen) atoms. The molecule has 1 saturated carbocycles. The van der Waals surface area contributed by atoms with E-state index in [1.807, 2.05) is 0 Å². The van der Waals surface area contributed by atoms with Crippen LogP contribution in [0.2, 0.25) is 0 Å². The van der Waals surface area contributed by atoms with Crippen LogP contribution in [0.3, 0.4) is 0 Å². The smallest absolute Gasteiger partial charge is 0.294 e. The summed E-state index contributed by atoms with van der Waals surface area (Å²) in [6, 6.07) is 0.